The maximum Gasteiger partial charge on any atom is 0.258 e. The van der Waals surface area contributed by atoms with Crippen molar-refractivity contribution in [2.75, 3.05) is 6.61 Å². The van der Waals surface area contributed by atoms with Gasteiger partial charge in [-0.05, 0) is 40.5 Å². The second-order valence-electron chi connectivity index (χ2n) is 3.93. The number of aromatic nitrogens is 3. The molecule has 1 aromatic heterocycles. The quantitative estimate of drug-likeness (QED) is 0.874. The van der Waals surface area contributed by atoms with Crippen LogP contribution in [0.4, 0.5) is 0 Å². The Bertz CT molecular complexity index is 557. The highest BCUT2D eigenvalue weighted by Gasteiger charge is 2.06. The molecule has 1 heterocycles. The van der Waals surface area contributed by atoms with Crippen LogP contribution in [0, 0.1) is 6.92 Å². The van der Waals surface area contributed by atoms with Gasteiger partial charge < -0.3 is 10.1 Å². The number of hydrogen-bond acceptors (Lipinski definition) is 4. The van der Waals surface area contributed by atoms with Crippen molar-refractivity contribution in [3.63, 3.8) is 0 Å². The second-order valence-corrected chi connectivity index (χ2v) is 4.79. The average molecular weight is 325 g/mol. The highest BCUT2D eigenvalue weighted by atomic mass is 79.9. The molecule has 0 fully saturated rings. The van der Waals surface area contributed by atoms with E-state index in [2.05, 4.69) is 36.4 Å². The Hall–Kier alpha value is -1.89. The molecule has 0 bridgehead atoms. The van der Waals surface area contributed by atoms with E-state index in [1.165, 1.54) is 6.33 Å². The van der Waals surface area contributed by atoms with Gasteiger partial charge in [0.25, 0.3) is 5.91 Å². The third-order valence-corrected chi connectivity index (χ3v) is 2.98. The number of rotatable bonds is 5. The number of nitrogens with zero attached hydrogens (tertiary/aromatic N) is 2. The summed E-state index contributed by atoms with van der Waals surface area (Å²) in [5, 5.41) is 9.02. The van der Waals surface area contributed by atoms with E-state index in [1.807, 2.05) is 25.1 Å². The van der Waals surface area contributed by atoms with E-state index in [4.69, 9.17) is 4.74 Å². The molecule has 0 aliphatic heterocycles. The lowest BCUT2D eigenvalue weighted by molar-refractivity contribution is -0.123. The lowest BCUT2D eigenvalue weighted by atomic mass is 10.2. The van der Waals surface area contributed by atoms with Crippen LogP contribution < -0.4 is 10.1 Å². The molecule has 1 aromatic carbocycles. The molecule has 19 heavy (non-hydrogen) atoms. The molecule has 0 unspecified atom stereocenters. The molecule has 0 atom stereocenters. The Morgan fingerprint density at radius 1 is 1.53 bits per heavy atom. The fourth-order valence-corrected chi connectivity index (χ4v) is 2.02. The monoisotopic (exact) mass is 324 g/mol. The molecular formula is C12H13BrN4O2. The van der Waals surface area contributed by atoms with Crippen molar-refractivity contribution < 1.29 is 9.53 Å². The SMILES string of the molecule is Cc1ccc(OCC(=O)NCc2ncn[nH]2)c(Br)c1. The van der Waals surface area contributed by atoms with Crippen molar-refractivity contribution in [1.82, 2.24) is 20.5 Å². The highest BCUT2D eigenvalue weighted by molar-refractivity contribution is 9.10. The topological polar surface area (TPSA) is 79.9 Å². The average Bonchev–Trinajstić information content (AvgIpc) is 2.88. The second kappa shape index (κ2) is 6.33. The van der Waals surface area contributed by atoms with Crippen LogP contribution in [0.2, 0.25) is 0 Å². The first-order chi connectivity index (χ1) is 9.15. The Morgan fingerprint density at radius 3 is 3.05 bits per heavy atom. The number of amides is 1. The first kappa shape index (κ1) is 13.5. The van der Waals surface area contributed by atoms with Gasteiger partial charge in [-0.3, -0.25) is 9.89 Å². The minimum absolute atomic E-state index is 0.0458. The first-order valence-electron chi connectivity index (χ1n) is 5.65. The minimum atomic E-state index is -0.219. The van der Waals surface area contributed by atoms with Gasteiger partial charge in [0, 0.05) is 0 Å². The number of aryl methyl sites for hydroxylation is 1. The maximum absolute atomic E-state index is 11.6. The molecule has 0 aliphatic carbocycles. The molecule has 2 N–H and O–H groups in total. The summed E-state index contributed by atoms with van der Waals surface area (Å²) < 4.78 is 6.25. The third kappa shape index (κ3) is 4.06. The van der Waals surface area contributed by atoms with E-state index < -0.39 is 0 Å². The zero-order chi connectivity index (χ0) is 13.7. The number of hydrogen-bond donors (Lipinski definition) is 2. The van der Waals surface area contributed by atoms with Crippen LogP contribution in [0.1, 0.15) is 11.4 Å². The van der Waals surface area contributed by atoms with E-state index in [0.717, 1.165) is 10.0 Å². The summed E-state index contributed by atoms with van der Waals surface area (Å²) in [4.78, 5) is 15.5. The number of ether oxygens (including phenoxy) is 1. The summed E-state index contributed by atoms with van der Waals surface area (Å²) in [6.07, 6.45) is 1.39. The molecule has 0 saturated heterocycles. The van der Waals surface area contributed by atoms with Gasteiger partial charge in [-0.2, -0.15) is 5.10 Å². The van der Waals surface area contributed by atoms with Gasteiger partial charge >= 0.3 is 0 Å². The summed E-state index contributed by atoms with van der Waals surface area (Å²) in [6.45, 7) is 2.24. The van der Waals surface area contributed by atoms with Crippen LogP contribution >= 0.6 is 15.9 Å². The van der Waals surface area contributed by atoms with Gasteiger partial charge in [0.1, 0.15) is 17.9 Å². The summed E-state index contributed by atoms with van der Waals surface area (Å²) in [5.41, 5.74) is 1.12. The Kier molecular flexibility index (Phi) is 4.51. The van der Waals surface area contributed by atoms with E-state index in [9.17, 15) is 4.79 Å². The number of halogens is 1. The van der Waals surface area contributed by atoms with Gasteiger partial charge in [-0.25, -0.2) is 4.98 Å². The molecule has 0 aliphatic rings. The number of H-pyrrole nitrogens is 1. The minimum Gasteiger partial charge on any atom is -0.483 e. The lowest BCUT2D eigenvalue weighted by Crippen LogP contribution is -2.28. The largest absolute Gasteiger partial charge is 0.483 e. The van der Waals surface area contributed by atoms with Gasteiger partial charge in [0.15, 0.2) is 6.61 Å². The van der Waals surface area contributed by atoms with E-state index >= 15 is 0 Å². The van der Waals surface area contributed by atoms with Crippen molar-refractivity contribution in [2.45, 2.75) is 13.5 Å². The number of benzene rings is 1. The van der Waals surface area contributed by atoms with E-state index in [0.29, 0.717) is 18.1 Å². The van der Waals surface area contributed by atoms with Gasteiger partial charge in [-0.15, -0.1) is 0 Å². The van der Waals surface area contributed by atoms with Crippen LogP contribution in [-0.2, 0) is 11.3 Å². The lowest BCUT2D eigenvalue weighted by Gasteiger charge is -2.08. The number of nitrogens with one attached hydrogen (secondary N) is 2. The Balaban J connectivity index is 1.80. The summed E-state index contributed by atoms with van der Waals surface area (Å²) in [7, 11) is 0. The Morgan fingerprint density at radius 2 is 2.37 bits per heavy atom. The summed E-state index contributed by atoms with van der Waals surface area (Å²) >= 11 is 3.39. The van der Waals surface area contributed by atoms with Gasteiger partial charge in [0.05, 0.1) is 11.0 Å². The van der Waals surface area contributed by atoms with Crippen LogP contribution in [0.25, 0.3) is 0 Å². The number of aromatic amines is 1. The van der Waals surface area contributed by atoms with Crippen molar-refractivity contribution in [3.05, 3.63) is 40.4 Å². The summed E-state index contributed by atoms with van der Waals surface area (Å²) in [5.74, 6) is 1.02. The summed E-state index contributed by atoms with van der Waals surface area (Å²) in [6, 6.07) is 5.68. The molecule has 0 radical (unpaired) electrons. The molecule has 1 amide bonds. The molecule has 7 heteroatoms. The standard InChI is InChI=1S/C12H13BrN4O2/c1-8-2-3-10(9(13)4-8)19-6-12(18)14-5-11-15-7-16-17-11/h2-4,7H,5-6H2,1H3,(H,14,18)(H,15,16,17). The van der Waals surface area contributed by atoms with Crippen molar-refractivity contribution >= 4 is 21.8 Å². The van der Waals surface area contributed by atoms with Crippen LogP contribution in [0.3, 0.4) is 0 Å². The van der Waals surface area contributed by atoms with Crippen molar-refractivity contribution in [2.24, 2.45) is 0 Å². The maximum atomic E-state index is 11.6. The predicted molar refractivity (Wildman–Crippen MR) is 72.6 cm³/mol. The highest BCUT2D eigenvalue weighted by Crippen LogP contribution is 2.25. The smallest absolute Gasteiger partial charge is 0.258 e. The normalized spacial score (nSPS) is 10.2. The van der Waals surface area contributed by atoms with Gasteiger partial charge in [0.2, 0.25) is 0 Å². The fourth-order valence-electron chi connectivity index (χ4n) is 1.42. The number of carbonyl (C=O) groups excluding carboxylic acids is 1. The molecule has 6 nitrogen and oxygen atoms in total. The van der Waals surface area contributed by atoms with Crippen LogP contribution in [0.5, 0.6) is 5.75 Å². The molecule has 100 valence electrons. The van der Waals surface area contributed by atoms with E-state index in [-0.39, 0.29) is 12.5 Å². The molecule has 2 aromatic rings. The van der Waals surface area contributed by atoms with Gasteiger partial charge in [-0.1, -0.05) is 6.07 Å². The van der Waals surface area contributed by atoms with Crippen molar-refractivity contribution in [3.8, 4) is 5.75 Å². The van der Waals surface area contributed by atoms with E-state index in [1.54, 1.807) is 0 Å². The molecule has 0 spiro atoms. The molecule has 0 saturated carbocycles. The zero-order valence-corrected chi connectivity index (χ0v) is 11.9. The predicted octanol–water partition coefficient (Wildman–Crippen LogP) is 1.57. The molecule has 2 rings (SSSR count). The fraction of sp³-hybridized carbons (Fsp3) is 0.250. The zero-order valence-electron chi connectivity index (χ0n) is 10.3. The van der Waals surface area contributed by atoms with Crippen LogP contribution in [0.15, 0.2) is 29.0 Å². The van der Waals surface area contributed by atoms with Crippen LogP contribution in [-0.4, -0.2) is 27.7 Å². The van der Waals surface area contributed by atoms with Crippen molar-refractivity contribution in [1.29, 1.82) is 0 Å². The Labute approximate surface area is 118 Å². The molecular weight excluding hydrogens is 312 g/mol. The third-order valence-electron chi connectivity index (χ3n) is 2.36. The number of carbonyl (C=O) groups is 1. The first-order valence-corrected chi connectivity index (χ1v) is 6.44.